The van der Waals surface area contributed by atoms with Crippen molar-refractivity contribution < 1.29 is 0 Å². The smallest absolute Gasteiger partial charge is 0.0417 e. The first kappa shape index (κ1) is 16.9. The summed E-state index contributed by atoms with van der Waals surface area (Å²) in [6, 6.07) is 14.8. The van der Waals surface area contributed by atoms with Crippen LogP contribution in [0.2, 0.25) is 5.02 Å². The molecule has 0 heterocycles. The van der Waals surface area contributed by atoms with E-state index in [0.717, 1.165) is 27.4 Å². The molecular weight excluding hydrogens is 366 g/mol. The number of nitrogens with one attached hydrogen (secondary N) is 1. The third-order valence-corrected chi connectivity index (χ3v) is 5.07. The van der Waals surface area contributed by atoms with E-state index >= 15 is 0 Å². The topological polar surface area (TPSA) is 12.0 Å². The summed E-state index contributed by atoms with van der Waals surface area (Å²) in [5.74, 6) is 0. The summed E-state index contributed by atoms with van der Waals surface area (Å²) in [5, 5.41) is 4.28. The molecule has 1 nitrogen and oxygen atoms in total. The largest absolute Gasteiger partial charge is 0.310 e. The lowest BCUT2D eigenvalue weighted by Crippen LogP contribution is -2.19. The van der Waals surface area contributed by atoms with E-state index in [1.807, 2.05) is 18.2 Å². The third-order valence-electron chi connectivity index (χ3n) is 3.17. The molecule has 1 unspecified atom stereocenters. The van der Waals surface area contributed by atoms with Gasteiger partial charge in [-0.05, 0) is 55.8 Å². The summed E-state index contributed by atoms with van der Waals surface area (Å²) in [7, 11) is 0. The molecule has 0 bridgehead atoms. The van der Waals surface area contributed by atoms with Crippen LogP contribution in [0.4, 0.5) is 0 Å². The van der Waals surface area contributed by atoms with Gasteiger partial charge in [0.25, 0.3) is 0 Å². The van der Waals surface area contributed by atoms with Gasteiger partial charge in [0, 0.05) is 25.3 Å². The Kier molecular flexibility index (Phi) is 6.62. The van der Waals surface area contributed by atoms with E-state index in [0.29, 0.717) is 6.04 Å². The Morgan fingerprint density at radius 2 is 1.95 bits per heavy atom. The Balaban J connectivity index is 2.11. The predicted molar refractivity (Wildman–Crippen MR) is 96.4 cm³/mol. The average Bonchev–Trinajstić information content (AvgIpc) is 2.45. The van der Waals surface area contributed by atoms with Crippen LogP contribution in [0.5, 0.6) is 0 Å². The van der Waals surface area contributed by atoms with Gasteiger partial charge in [0.2, 0.25) is 0 Å². The molecule has 0 saturated carbocycles. The lowest BCUT2D eigenvalue weighted by molar-refractivity contribution is 0.568. The minimum absolute atomic E-state index is 0.351. The maximum absolute atomic E-state index is 6.03. The SMILES string of the molecule is CCCNC(C)c1ccc(Sc2cccc(Cl)c2)cc1Br. The lowest BCUT2D eigenvalue weighted by Gasteiger charge is -2.16. The summed E-state index contributed by atoms with van der Waals surface area (Å²) in [5.41, 5.74) is 1.29. The minimum atomic E-state index is 0.351. The van der Waals surface area contributed by atoms with Gasteiger partial charge >= 0.3 is 0 Å². The Morgan fingerprint density at radius 3 is 2.62 bits per heavy atom. The quantitative estimate of drug-likeness (QED) is 0.626. The Morgan fingerprint density at radius 1 is 1.19 bits per heavy atom. The van der Waals surface area contributed by atoms with Crippen molar-refractivity contribution in [1.29, 1.82) is 0 Å². The first-order valence-corrected chi connectivity index (χ1v) is 9.05. The number of hydrogen-bond acceptors (Lipinski definition) is 2. The molecule has 2 aromatic rings. The van der Waals surface area contributed by atoms with Crippen molar-refractivity contribution in [3.8, 4) is 0 Å². The van der Waals surface area contributed by atoms with Crippen molar-refractivity contribution in [2.45, 2.75) is 36.1 Å². The maximum Gasteiger partial charge on any atom is 0.0417 e. The summed E-state index contributed by atoms with van der Waals surface area (Å²) in [6.45, 7) is 5.41. The molecule has 0 fully saturated rings. The monoisotopic (exact) mass is 383 g/mol. The minimum Gasteiger partial charge on any atom is -0.310 e. The molecule has 0 aliphatic carbocycles. The van der Waals surface area contributed by atoms with Crippen LogP contribution < -0.4 is 5.32 Å². The second kappa shape index (κ2) is 8.23. The lowest BCUT2D eigenvalue weighted by atomic mass is 10.1. The molecule has 0 aliphatic rings. The van der Waals surface area contributed by atoms with Crippen LogP contribution in [-0.2, 0) is 0 Å². The number of hydrogen-bond donors (Lipinski definition) is 1. The standard InChI is InChI=1S/C17H19BrClNS/c1-3-9-20-12(2)16-8-7-15(11-17(16)18)21-14-6-4-5-13(19)10-14/h4-8,10-12,20H,3,9H2,1-2H3. The zero-order valence-electron chi connectivity index (χ0n) is 12.2. The van der Waals surface area contributed by atoms with Gasteiger partial charge in [0.15, 0.2) is 0 Å². The molecule has 112 valence electrons. The molecule has 21 heavy (non-hydrogen) atoms. The van der Waals surface area contributed by atoms with Crippen LogP contribution in [-0.4, -0.2) is 6.54 Å². The Hall–Kier alpha value is -0.480. The number of halogens is 2. The number of benzene rings is 2. The summed E-state index contributed by atoms with van der Waals surface area (Å²) in [6.07, 6.45) is 1.14. The van der Waals surface area contributed by atoms with E-state index in [9.17, 15) is 0 Å². The van der Waals surface area contributed by atoms with Crippen molar-refractivity contribution >= 4 is 39.3 Å². The predicted octanol–water partition coefficient (Wildman–Crippen LogP) is 6.31. The van der Waals surface area contributed by atoms with Gasteiger partial charge in [-0.2, -0.15) is 0 Å². The first-order valence-electron chi connectivity index (χ1n) is 7.06. The van der Waals surface area contributed by atoms with Crippen LogP contribution in [0.3, 0.4) is 0 Å². The molecule has 0 spiro atoms. The second-order valence-electron chi connectivity index (χ2n) is 4.92. The Bertz CT molecular complexity index is 603. The van der Waals surface area contributed by atoms with Gasteiger partial charge in [0.05, 0.1) is 0 Å². The van der Waals surface area contributed by atoms with Crippen molar-refractivity contribution in [3.05, 3.63) is 57.5 Å². The molecule has 0 amide bonds. The van der Waals surface area contributed by atoms with E-state index in [2.05, 4.69) is 59.4 Å². The highest BCUT2D eigenvalue weighted by Gasteiger charge is 2.09. The van der Waals surface area contributed by atoms with Crippen LogP contribution in [0, 0.1) is 0 Å². The molecule has 2 aromatic carbocycles. The van der Waals surface area contributed by atoms with Gasteiger partial charge in [-0.25, -0.2) is 0 Å². The van der Waals surface area contributed by atoms with Gasteiger partial charge < -0.3 is 5.32 Å². The van der Waals surface area contributed by atoms with Crippen molar-refractivity contribution in [3.63, 3.8) is 0 Å². The highest BCUT2D eigenvalue weighted by atomic mass is 79.9. The van der Waals surface area contributed by atoms with Gasteiger partial charge in [-0.15, -0.1) is 0 Å². The fraction of sp³-hybridized carbons (Fsp3) is 0.294. The van der Waals surface area contributed by atoms with E-state index in [-0.39, 0.29) is 0 Å². The molecular formula is C17H19BrClNS. The average molecular weight is 385 g/mol. The molecule has 0 aliphatic heterocycles. The summed E-state index contributed by atoms with van der Waals surface area (Å²) >= 11 is 11.4. The molecule has 0 saturated heterocycles. The molecule has 2 rings (SSSR count). The summed E-state index contributed by atoms with van der Waals surface area (Å²) in [4.78, 5) is 2.36. The zero-order valence-corrected chi connectivity index (χ0v) is 15.4. The van der Waals surface area contributed by atoms with Crippen molar-refractivity contribution in [2.24, 2.45) is 0 Å². The Labute approximate surface area is 144 Å². The van der Waals surface area contributed by atoms with Gasteiger partial charge in [-0.1, -0.05) is 58.3 Å². The fourth-order valence-corrected chi connectivity index (χ4v) is 4.11. The first-order chi connectivity index (χ1) is 10.1. The van der Waals surface area contributed by atoms with E-state index < -0.39 is 0 Å². The van der Waals surface area contributed by atoms with Crippen LogP contribution in [0.1, 0.15) is 31.9 Å². The van der Waals surface area contributed by atoms with Crippen LogP contribution in [0.15, 0.2) is 56.7 Å². The summed E-state index contributed by atoms with van der Waals surface area (Å²) < 4.78 is 1.14. The molecule has 0 radical (unpaired) electrons. The molecule has 4 heteroatoms. The van der Waals surface area contributed by atoms with E-state index in [1.165, 1.54) is 10.5 Å². The van der Waals surface area contributed by atoms with Gasteiger partial charge in [0.1, 0.15) is 0 Å². The fourth-order valence-electron chi connectivity index (χ4n) is 2.06. The maximum atomic E-state index is 6.03. The van der Waals surface area contributed by atoms with Crippen LogP contribution >= 0.6 is 39.3 Å². The van der Waals surface area contributed by atoms with Crippen LogP contribution in [0.25, 0.3) is 0 Å². The molecule has 1 N–H and O–H groups in total. The molecule has 0 aromatic heterocycles. The van der Waals surface area contributed by atoms with Crippen molar-refractivity contribution in [1.82, 2.24) is 5.32 Å². The normalized spacial score (nSPS) is 12.4. The highest BCUT2D eigenvalue weighted by molar-refractivity contribution is 9.10. The third kappa shape index (κ3) is 5.03. The zero-order chi connectivity index (χ0) is 15.2. The van der Waals surface area contributed by atoms with Gasteiger partial charge in [-0.3, -0.25) is 0 Å². The second-order valence-corrected chi connectivity index (χ2v) is 7.36. The molecule has 1 atom stereocenters. The highest BCUT2D eigenvalue weighted by Crippen LogP contribution is 2.33. The van der Waals surface area contributed by atoms with E-state index in [4.69, 9.17) is 11.6 Å². The van der Waals surface area contributed by atoms with E-state index in [1.54, 1.807) is 11.8 Å². The number of rotatable bonds is 6. The van der Waals surface area contributed by atoms with Crippen molar-refractivity contribution in [2.75, 3.05) is 6.54 Å².